The molecule has 0 atom stereocenters. The molecule has 1 saturated heterocycles. The largest absolute Gasteiger partial charge is 0.342 e. The van der Waals surface area contributed by atoms with E-state index >= 15 is 0 Å². The first kappa shape index (κ1) is 13.9. The summed E-state index contributed by atoms with van der Waals surface area (Å²) in [5.41, 5.74) is 0.963. The van der Waals surface area contributed by atoms with Crippen molar-refractivity contribution >= 4 is 33.6 Å². The molecule has 0 spiro atoms. The number of pyridine rings is 1. The second kappa shape index (κ2) is 6.57. The number of likely N-dealkylation sites (tertiary alicyclic amines) is 1. The normalized spacial score (nSPS) is 15.8. The number of nitrogens with zero attached hydrogens (tertiary/aromatic N) is 2. The van der Waals surface area contributed by atoms with Crippen LogP contribution in [0.1, 0.15) is 25.0 Å². The van der Waals surface area contributed by atoms with Crippen molar-refractivity contribution in [3.05, 3.63) is 22.3 Å². The van der Waals surface area contributed by atoms with E-state index in [1.54, 1.807) is 0 Å². The second-order valence-electron chi connectivity index (χ2n) is 4.45. The van der Waals surface area contributed by atoms with Crippen LogP contribution >= 0.6 is 27.7 Å². The van der Waals surface area contributed by atoms with Gasteiger partial charge in [0.2, 0.25) is 5.91 Å². The highest BCUT2D eigenvalue weighted by atomic mass is 79.9. The molecule has 1 fully saturated rings. The Morgan fingerprint density at radius 1 is 1.39 bits per heavy atom. The second-order valence-corrected chi connectivity index (χ2v) is 6.30. The van der Waals surface area contributed by atoms with Crippen LogP contribution in [0.2, 0.25) is 0 Å². The van der Waals surface area contributed by atoms with Gasteiger partial charge in [0.15, 0.2) is 0 Å². The fourth-order valence-corrected chi connectivity index (χ4v) is 3.01. The number of thioether (sulfide) groups is 1. The summed E-state index contributed by atoms with van der Waals surface area (Å²) in [6, 6.07) is 3.93. The van der Waals surface area contributed by atoms with Crippen molar-refractivity contribution in [3.8, 4) is 0 Å². The first-order valence-electron chi connectivity index (χ1n) is 6.20. The summed E-state index contributed by atoms with van der Waals surface area (Å²) in [7, 11) is 0. The number of aromatic nitrogens is 1. The summed E-state index contributed by atoms with van der Waals surface area (Å²) in [6.07, 6.45) is 3.54. The van der Waals surface area contributed by atoms with E-state index in [0.29, 0.717) is 5.75 Å². The SMILES string of the molecule is Cc1nc(SCC(=O)N2CCCCC2)ccc1Br. The minimum atomic E-state index is 0.238. The summed E-state index contributed by atoms with van der Waals surface area (Å²) in [5.74, 6) is 0.732. The minimum absolute atomic E-state index is 0.238. The molecule has 5 heteroatoms. The number of halogens is 1. The van der Waals surface area contributed by atoms with E-state index in [1.165, 1.54) is 18.2 Å². The maximum Gasteiger partial charge on any atom is 0.232 e. The van der Waals surface area contributed by atoms with Crippen LogP contribution in [0.5, 0.6) is 0 Å². The molecule has 0 unspecified atom stereocenters. The highest BCUT2D eigenvalue weighted by Gasteiger charge is 2.16. The smallest absolute Gasteiger partial charge is 0.232 e. The van der Waals surface area contributed by atoms with E-state index in [9.17, 15) is 4.79 Å². The van der Waals surface area contributed by atoms with Crippen molar-refractivity contribution in [2.45, 2.75) is 31.2 Å². The summed E-state index contributed by atoms with van der Waals surface area (Å²) >= 11 is 4.95. The third-order valence-electron chi connectivity index (χ3n) is 3.05. The van der Waals surface area contributed by atoms with Gasteiger partial charge in [-0.3, -0.25) is 4.79 Å². The van der Waals surface area contributed by atoms with Crippen molar-refractivity contribution in [3.63, 3.8) is 0 Å². The molecule has 1 aliphatic heterocycles. The summed E-state index contributed by atoms with van der Waals surface area (Å²) in [4.78, 5) is 18.4. The molecule has 0 saturated carbocycles. The maximum absolute atomic E-state index is 12.0. The fraction of sp³-hybridized carbons (Fsp3) is 0.538. The van der Waals surface area contributed by atoms with Crippen LogP contribution in [0.25, 0.3) is 0 Å². The number of aryl methyl sites for hydroxylation is 1. The van der Waals surface area contributed by atoms with Gasteiger partial charge in [-0.2, -0.15) is 0 Å². The summed E-state index contributed by atoms with van der Waals surface area (Å²) in [5, 5.41) is 0.918. The number of piperidine rings is 1. The molecule has 98 valence electrons. The van der Waals surface area contributed by atoms with Gasteiger partial charge < -0.3 is 4.90 Å². The Kier molecular flexibility index (Phi) is 5.06. The topological polar surface area (TPSA) is 33.2 Å². The molecule has 2 heterocycles. The van der Waals surface area contributed by atoms with E-state index < -0.39 is 0 Å². The van der Waals surface area contributed by atoms with E-state index in [2.05, 4.69) is 20.9 Å². The lowest BCUT2D eigenvalue weighted by atomic mass is 10.1. The molecule has 3 nitrogen and oxygen atoms in total. The molecule has 1 amide bonds. The zero-order valence-electron chi connectivity index (χ0n) is 10.5. The Balaban J connectivity index is 1.86. The Morgan fingerprint density at radius 3 is 2.78 bits per heavy atom. The van der Waals surface area contributed by atoms with Crippen LogP contribution in [0.4, 0.5) is 0 Å². The highest BCUT2D eigenvalue weighted by molar-refractivity contribution is 9.10. The van der Waals surface area contributed by atoms with Gasteiger partial charge in [0.05, 0.1) is 16.5 Å². The third-order valence-corrected chi connectivity index (χ3v) is 4.80. The predicted octanol–water partition coefficient (Wildman–Crippen LogP) is 3.26. The van der Waals surface area contributed by atoms with Crippen molar-refractivity contribution in [2.24, 2.45) is 0 Å². The molecule has 1 aromatic heterocycles. The van der Waals surface area contributed by atoms with Gasteiger partial charge in [-0.05, 0) is 54.2 Å². The van der Waals surface area contributed by atoms with Gasteiger partial charge in [0.25, 0.3) is 0 Å². The van der Waals surface area contributed by atoms with Crippen LogP contribution < -0.4 is 0 Å². The summed E-state index contributed by atoms with van der Waals surface area (Å²) < 4.78 is 1.01. The first-order valence-corrected chi connectivity index (χ1v) is 7.98. The molecule has 2 rings (SSSR count). The Morgan fingerprint density at radius 2 is 2.11 bits per heavy atom. The van der Waals surface area contributed by atoms with Crippen molar-refractivity contribution in [1.29, 1.82) is 0 Å². The quantitative estimate of drug-likeness (QED) is 0.798. The van der Waals surface area contributed by atoms with Crippen LogP contribution in [-0.4, -0.2) is 34.6 Å². The van der Waals surface area contributed by atoms with Crippen molar-refractivity contribution in [1.82, 2.24) is 9.88 Å². The van der Waals surface area contributed by atoms with Gasteiger partial charge in [-0.25, -0.2) is 4.98 Å². The standard InChI is InChI=1S/C13H17BrN2OS/c1-10-11(14)5-6-12(15-10)18-9-13(17)16-7-3-2-4-8-16/h5-6H,2-4,7-9H2,1H3. The fourth-order valence-electron chi connectivity index (χ4n) is 1.97. The lowest BCUT2D eigenvalue weighted by Crippen LogP contribution is -2.36. The van der Waals surface area contributed by atoms with Gasteiger partial charge in [0.1, 0.15) is 0 Å². The molecule has 0 N–H and O–H groups in total. The average Bonchev–Trinajstić information content (AvgIpc) is 2.41. The lowest BCUT2D eigenvalue weighted by Gasteiger charge is -2.26. The molecule has 0 radical (unpaired) electrons. The molecule has 0 bridgehead atoms. The number of hydrogen-bond donors (Lipinski definition) is 0. The van der Waals surface area contributed by atoms with Gasteiger partial charge >= 0.3 is 0 Å². The van der Waals surface area contributed by atoms with Gasteiger partial charge in [-0.15, -0.1) is 0 Å². The number of carbonyl (C=O) groups excluding carboxylic acids is 1. The lowest BCUT2D eigenvalue weighted by molar-refractivity contribution is -0.129. The first-order chi connectivity index (χ1) is 8.66. The van der Waals surface area contributed by atoms with E-state index in [0.717, 1.165) is 41.1 Å². The summed E-state index contributed by atoms with van der Waals surface area (Å²) in [6.45, 7) is 3.80. The predicted molar refractivity (Wildman–Crippen MR) is 77.8 cm³/mol. The van der Waals surface area contributed by atoms with Crippen LogP contribution in [0, 0.1) is 6.92 Å². The molecular weight excluding hydrogens is 312 g/mol. The molecule has 1 aliphatic rings. The molecule has 1 aromatic rings. The van der Waals surface area contributed by atoms with Crippen LogP contribution in [0.15, 0.2) is 21.6 Å². The number of amides is 1. The average molecular weight is 329 g/mol. The molecular formula is C13H17BrN2OS. The Hall–Kier alpha value is -0.550. The number of rotatable bonds is 3. The van der Waals surface area contributed by atoms with Gasteiger partial charge in [0, 0.05) is 17.6 Å². The maximum atomic E-state index is 12.0. The zero-order chi connectivity index (χ0) is 13.0. The Labute approximate surface area is 120 Å². The molecule has 18 heavy (non-hydrogen) atoms. The zero-order valence-corrected chi connectivity index (χ0v) is 12.9. The van der Waals surface area contributed by atoms with Crippen molar-refractivity contribution in [2.75, 3.05) is 18.8 Å². The van der Waals surface area contributed by atoms with Crippen molar-refractivity contribution < 1.29 is 4.79 Å². The minimum Gasteiger partial charge on any atom is -0.342 e. The highest BCUT2D eigenvalue weighted by Crippen LogP contribution is 2.21. The molecule has 0 aromatic carbocycles. The van der Waals surface area contributed by atoms with Gasteiger partial charge in [-0.1, -0.05) is 11.8 Å². The Bertz CT molecular complexity index is 433. The van der Waals surface area contributed by atoms with Crippen LogP contribution in [-0.2, 0) is 4.79 Å². The van der Waals surface area contributed by atoms with E-state index in [1.807, 2.05) is 24.0 Å². The number of hydrogen-bond acceptors (Lipinski definition) is 3. The monoisotopic (exact) mass is 328 g/mol. The molecule has 0 aliphatic carbocycles. The van der Waals surface area contributed by atoms with E-state index in [-0.39, 0.29) is 5.91 Å². The number of carbonyl (C=O) groups is 1. The third kappa shape index (κ3) is 3.72. The van der Waals surface area contributed by atoms with Crippen LogP contribution in [0.3, 0.4) is 0 Å². The van der Waals surface area contributed by atoms with E-state index in [4.69, 9.17) is 0 Å².